The maximum Gasteiger partial charge on any atom is 0.223 e. The van der Waals surface area contributed by atoms with Gasteiger partial charge in [-0.2, -0.15) is 0 Å². The van der Waals surface area contributed by atoms with Gasteiger partial charge in [0.1, 0.15) is 18.1 Å². The molecule has 1 aliphatic heterocycles. The molecule has 1 heterocycles. The highest BCUT2D eigenvalue weighted by atomic mass is 16.5. The van der Waals surface area contributed by atoms with E-state index in [9.17, 15) is 4.79 Å². The molecule has 0 fully saturated rings. The lowest BCUT2D eigenvalue weighted by atomic mass is 10.1. The first-order valence-corrected chi connectivity index (χ1v) is 6.58. The number of ether oxygens (including phenoxy) is 2. The molecule has 0 saturated carbocycles. The van der Waals surface area contributed by atoms with Crippen molar-refractivity contribution in [2.75, 3.05) is 26.8 Å². The Balaban J connectivity index is 1.87. The van der Waals surface area contributed by atoms with Crippen molar-refractivity contribution in [3.63, 3.8) is 0 Å². The number of nitrogens with one attached hydrogen (secondary N) is 2. The Kier molecular flexibility index (Phi) is 4.63. The monoisotopic (exact) mass is 264 g/mol. The van der Waals surface area contributed by atoms with E-state index < -0.39 is 0 Å². The second-order valence-corrected chi connectivity index (χ2v) is 4.40. The van der Waals surface area contributed by atoms with Gasteiger partial charge in [0.2, 0.25) is 5.91 Å². The molecule has 5 nitrogen and oxygen atoms in total. The topological polar surface area (TPSA) is 59.6 Å². The Labute approximate surface area is 113 Å². The predicted molar refractivity (Wildman–Crippen MR) is 72.5 cm³/mol. The molecule has 104 valence electrons. The van der Waals surface area contributed by atoms with Crippen LogP contribution in [0.3, 0.4) is 0 Å². The molecule has 5 heteroatoms. The summed E-state index contributed by atoms with van der Waals surface area (Å²) in [4.78, 5) is 11.3. The number of benzene rings is 1. The van der Waals surface area contributed by atoms with Crippen molar-refractivity contribution in [3.8, 4) is 11.5 Å². The third-order valence-electron chi connectivity index (χ3n) is 3.09. The summed E-state index contributed by atoms with van der Waals surface area (Å²) in [7, 11) is 1.92. The standard InChI is InChI=1S/C14H20N2O3/c1-3-16-14(17)6-7-18-10-4-5-11-12(15-2)9-19-13(11)8-10/h4-5,8,12,15H,3,6-7,9H2,1-2H3,(H,16,17). The minimum Gasteiger partial charge on any atom is -0.493 e. The van der Waals surface area contributed by atoms with Crippen molar-refractivity contribution < 1.29 is 14.3 Å². The lowest BCUT2D eigenvalue weighted by Gasteiger charge is -2.09. The maximum atomic E-state index is 11.3. The van der Waals surface area contributed by atoms with E-state index in [1.807, 2.05) is 32.2 Å². The van der Waals surface area contributed by atoms with Gasteiger partial charge in [-0.25, -0.2) is 0 Å². The molecule has 0 aromatic heterocycles. The highest BCUT2D eigenvalue weighted by Crippen LogP contribution is 2.34. The zero-order valence-corrected chi connectivity index (χ0v) is 11.4. The summed E-state index contributed by atoms with van der Waals surface area (Å²) in [5.41, 5.74) is 1.15. The highest BCUT2D eigenvalue weighted by molar-refractivity contribution is 5.75. The molecule has 1 atom stereocenters. The second kappa shape index (κ2) is 6.43. The van der Waals surface area contributed by atoms with Gasteiger partial charge in [0.25, 0.3) is 0 Å². The van der Waals surface area contributed by atoms with Crippen molar-refractivity contribution in [1.29, 1.82) is 0 Å². The number of amides is 1. The Morgan fingerprint density at radius 3 is 3.11 bits per heavy atom. The molecule has 2 rings (SSSR count). The summed E-state index contributed by atoms with van der Waals surface area (Å²) >= 11 is 0. The largest absolute Gasteiger partial charge is 0.493 e. The minimum absolute atomic E-state index is 0.00940. The highest BCUT2D eigenvalue weighted by Gasteiger charge is 2.22. The molecule has 0 saturated heterocycles. The minimum atomic E-state index is 0.00940. The molecular weight excluding hydrogens is 244 g/mol. The average Bonchev–Trinajstić information content (AvgIpc) is 2.81. The first-order chi connectivity index (χ1) is 9.24. The van der Waals surface area contributed by atoms with E-state index in [-0.39, 0.29) is 11.9 Å². The van der Waals surface area contributed by atoms with Gasteiger partial charge in [-0.1, -0.05) is 0 Å². The summed E-state index contributed by atoms with van der Waals surface area (Å²) in [5, 5.41) is 5.93. The Morgan fingerprint density at radius 2 is 2.37 bits per heavy atom. The van der Waals surface area contributed by atoms with E-state index in [4.69, 9.17) is 9.47 Å². The Bertz CT molecular complexity index is 448. The fourth-order valence-corrected chi connectivity index (χ4v) is 2.07. The molecule has 1 aromatic rings. The summed E-state index contributed by atoms with van der Waals surface area (Å²) < 4.78 is 11.1. The summed E-state index contributed by atoms with van der Waals surface area (Å²) in [6.45, 7) is 3.57. The van der Waals surface area contributed by atoms with Crippen molar-refractivity contribution in [3.05, 3.63) is 23.8 Å². The van der Waals surface area contributed by atoms with Gasteiger partial charge in [0.05, 0.1) is 19.1 Å². The van der Waals surface area contributed by atoms with E-state index >= 15 is 0 Å². The molecule has 2 N–H and O–H groups in total. The van der Waals surface area contributed by atoms with Crippen LogP contribution < -0.4 is 20.1 Å². The van der Waals surface area contributed by atoms with Crippen molar-refractivity contribution in [2.45, 2.75) is 19.4 Å². The first kappa shape index (κ1) is 13.7. The number of hydrogen-bond acceptors (Lipinski definition) is 4. The number of carbonyl (C=O) groups excluding carboxylic acids is 1. The predicted octanol–water partition coefficient (Wildman–Crippen LogP) is 1.24. The van der Waals surface area contributed by atoms with Crippen LogP contribution in [-0.2, 0) is 4.79 Å². The molecule has 0 radical (unpaired) electrons. The van der Waals surface area contributed by atoms with E-state index in [1.165, 1.54) is 0 Å². The van der Waals surface area contributed by atoms with Gasteiger partial charge >= 0.3 is 0 Å². The number of carbonyl (C=O) groups is 1. The van der Waals surface area contributed by atoms with Gasteiger partial charge < -0.3 is 20.1 Å². The molecule has 1 amide bonds. The van der Waals surface area contributed by atoms with Crippen LogP contribution in [0.2, 0.25) is 0 Å². The Hall–Kier alpha value is -1.75. The average molecular weight is 264 g/mol. The van der Waals surface area contributed by atoms with E-state index in [0.29, 0.717) is 26.2 Å². The van der Waals surface area contributed by atoms with Crippen molar-refractivity contribution in [1.82, 2.24) is 10.6 Å². The number of fused-ring (bicyclic) bond motifs is 1. The van der Waals surface area contributed by atoms with E-state index in [1.54, 1.807) is 0 Å². The van der Waals surface area contributed by atoms with Crippen LogP contribution in [0.1, 0.15) is 24.9 Å². The third-order valence-corrected chi connectivity index (χ3v) is 3.09. The summed E-state index contributed by atoms with van der Waals surface area (Å²) in [5.74, 6) is 1.60. The molecular formula is C14H20N2O3. The quantitative estimate of drug-likeness (QED) is 0.811. The van der Waals surface area contributed by atoms with E-state index in [0.717, 1.165) is 17.1 Å². The Morgan fingerprint density at radius 1 is 1.53 bits per heavy atom. The molecule has 1 unspecified atom stereocenters. The van der Waals surface area contributed by atoms with Crippen LogP contribution >= 0.6 is 0 Å². The fourth-order valence-electron chi connectivity index (χ4n) is 2.07. The van der Waals surface area contributed by atoms with Gasteiger partial charge in [0, 0.05) is 18.2 Å². The molecule has 19 heavy (non-hydrogen) atoms. The van der Waals surface area contributed by atoms with Crippen molar-refractivity contribution >= 4 is 5.91 Å². The third kappa shape index (κ3) is 3.38. The van der Waals surface area contributed by atoms with Gasteiger partial charge in [-0.15, -0.1) is 0 Å². The summed E-state index contributed by atoms with van der Waals surface area (Å²) in [6.07, 6.45) is 0.366. The van der Waals surface area contributed by atoms with Crippen LogP contribution in [0.4, 0.5) is 0 Å². The van der Waals surface area contributed by atoms with Crippen LogP contribution in [-0.4, -0.2) is 32.7 Å². The zero-order valence-electron chi connectivity index (χ0n) is 11.4. The fraction of sp³-hybridized carbons (Fsp3) is 0.500. The lowest BCUT2D eigenvalue weighted by Crippen LogP contribution is -2.24. The number of rotatable bonds is 6. The smallest absolute Gasteiger partial charge is 0.223 e. The van der Waals surface area contributed by atoms with Crippen LogP contribution in [0.15, 0.2) is 18.2 Å². The lowest BCUT2D eigenvalue weighted by molar-refractivity contribution is -0.121. The summed E-state index contributed by atoms with van der Waals surface area (Å²) in [6, 6.07) is 6.05. The SMILES string of the molecule is CCNC(=O)CCOc1ccc2c(c1)OCC2NC. The molecule has 0 spiro atoms. The number of likely N-dealkylation sites (N-methyl/N-ethyl adjacent to an activating group) is 1. The molecule has 1 aromatic carbocycles. The maximum absolute atomic E-state index is 11.3. The van der Waals surface area contributed by atoms with Crippen LogP contribution in [0.25, 0.3) is 0 Å². The van der Waals surface area contributed by atoms with Crippen molar-refractivity contribution in [2.24, 2.45) is 0 Å². The van der Waals surface area contributed by atoms with E-state index in [2.05, 4.69) is 10.6 Å². The number of hydrogen-bond donors (Lipinski definition) is 2. The van der Waals surface area contributed by atoms with Crippen LogP contribution in [0.5, 0.6) is 11.5 Å². The first-order valence-electron chi connectivity index (χ1n) is 6.58. The second-order valence-electron chi connectivity index (χ2n) is 4.40. The molecule has 0 aliphatic carbocycles. The van der Waals surface area contributed by atoms with Gasteiger partial charge in [-0.3, -0.25) is 4.79 Å². The van der Waals surface area contributed by atoms with Gasteiger partial charge in [0.15, 0.2) is 0 Å². The normalized spacial score (nSPS) is 16.6. The van der Waals surface area contributed by atoms with Gasteiger partial charge in [-0.05, 0) is 26.1 Å². The zero-order chi connectivity index (χ0) is 13.7. The molecule has 1 aliphatic rings. The van der Waals surface area contributed by atoms with Crippen LogP contribution in [0, 0.1) is 0 Å². The molecule has 0 bridgehead atoms.